The molecule has 13 heavy (non-hydrogen) atoms. The van der Waals surface area contributed by atoms with Crippen molar-refractivity contribution in [2.75, 3.05) is 6.54 Å². The van der Waals surface area contributed by atoms with Gasteiger partial charge in [-0.1, -0.05) is 0 Å². The van der Waals surface area contributed by atoms with Crippen LogP contribution >= 0.6 is 11.3 Å². The lowest BCUT2D eigenvalue weighted by Gasteiger charge is -2.04. The third kappa shape index (κ3) is 4.98. The average molecular weight is 200 g/mol. The van der Waals surface area contributed by atoms with Crippen molar-refractivity contribution in [1.29, 1.82) is 0 Å². The Labute approximate surface area is 82.8 Å². The van der Waals surface area contributed by atoms with Crippen LogP contribution in [0.4, 0.5) is 0 Å². The van der Waals surface area contributed by atoms with Crippen LogP contribution in [0.5, 0.6) is 0 Å². The van der Waals surface area contributed by atoms with Gasteiger partial charge in [-0.15, -0.1) is 11.3 Å². The molecule has 1 aromatic heterocycles. The summed E-state index contributed by atoms with van der Waals surface area (Å²) in [6, 6.07) is 0. The molecule has 1 aromatic rings. The number of hydrogen-bond donors (Lipinski definition) is 2. The topological polar surface area (TPSA) is 45.1 Å². The van der Waals surface area contributed by atoms with Crippen LogP contribution in [-0.4, -0.2) is 22.7 Å². The highest BCUT2D eigenvalue weighted by Crippen LogP contribution is 2.02. The number of aliphatic hydroxyl groups excluding tert-OH is 1. The van der Waals surface area contributed by atoms with Crippen LogP contribution in [0.1, 0.15) is 24.8 Å². The molecule has 3 nitrogen and oxygen atoms in total. The number of rotatable bonds is 6. The molecule has 4 heteroatoms. The molecule has 0 saturated carbocycles. The van der Waals surface area contributed by atoms with Gasteiger partial charge >= 0.3 is 0 Å². The Morgan fingerprint density at radius 2 is 2.54 bits per heavy atom. The lowest BCUT2D eigenvalue weighted by atomic mass is 10.2. The highest BCUT2D eigenvalue weighted by Gasteiger charge is 1.96. The summed E-state index contributed by atoms with van der Waals surface area (Å²) in [5.41, 5.74) is 0. The summed E-state index contributed by atoms with van der Waals surface area (Å²) in [6.45, 7) is 3.61. The molecule has 0 aliphatic carbocycles. The molecule has 1 atom stereocenters. The minimum Gasteiger partial charge on any atom is -0.393 e. The third-order valence-corrected chi connectivity index (χ3v) is 2.51. The van der Waals surface area contributed by atoms with Crippen molar-refractivity contribution < 1.29 is 5.11 Å². The zero-order chi connectivity index (χ0) is 9.52. The number of hydrogen-bond acceptors (Lipinski definition) is 4. The van der Waals surface area contributed by atoms with Crippen LogP contribution in [0.2, 0.25) is 0 Å². The Hall–Kier alpha value is -0.450. The second-order valence-electron chi connectivity index (χ2n) is 3.09. The predicted octanol–water partition coefficient (Wildman–Crippen LogP) is 1.39. The van der Waals surface area contributed by atoms with Crippen molar-refractivity contribution >= 4 is 11.3 Å². The molecule has 74 valence electrons. The standard InChI is InChI=1S/C9H16N2OS/c1-8(12)3-2-4-10-7-9-11-5-6-13-9/h5-6,8,10,12H,2-4,7H2,1H3. The van der Waals surface area contributed by atoms with E-state index < -0.39 is 0 Å². The van der Waals surface area contributed by atoms with Crippen LogP contribution < -0.4 is 5.32 Å². The average Bonchev–Trinajstić information content (AvgIpc) is 2.55. The molecule has 0 radical (unpaired) electrons. The Bertz CT molecular complexity index is 211. The van der Waals surface area contributed by atoms with Gasteiger partial charge in [0.05, 0.1) is 6.10 Å². The highest BCUT2D eigenvalue weighted by atomic mass is 32.1. The Morgan fingerprint density at radius 1 is 1.69 bits per heavy atom. The van der Waals surface area contributed by atoms with Gasteiger partial charge in [-0.2, -0.15) is 0 Å². The number of nitrogens with one attached hydrogen (secondary N) is 1. The summed E-state index contributed by atoms with van der Waals surface area (Å²) < 4.78 is 0. The smallest absolute Gasteiger partial charge is 0.106 e. The molecule has 1 rings (SSSR count). The maximum absolute atomic E-state index is 9.00. The van der Waals surface area contributed by atoms with Crippen LogP contribution in [-0.2, 0) is 6.54 Å². The summed E-state index contributed by atoms with van der Waals surface area (Å²) in [6.07, 6.45) is 3.52. The van der Waals surface area contributed by atoms with E-state index in [-0.39, 0.29) is 6.10 Å². The van der Waals surface area contributed by atoms with E-state index in [1.807, 2.05) is 18.5 Å². The summed E-state index contributed by atoms with van der Waals surface area (Å²) in [5, 5.41) is 15.4. The van der Waals surface area contributed by atoms with Gasteiger partial charge in [0.2, 0.25) is 0 Å². The fraction of sp³-hybridized carbons (Fsp3) is 0.667. The van der Waals surface area contributed by atoms with E-state index in [1.165, 1.54) is 0 Å². The van der Waals surface area contributed by atoms with E-state index in [1.54, 1.807) is 11.3 Å². The lowest BCUT2D eigenvalue weighted by Crippen LogP contribution is -2.15. The molecule has 0 aliphatic rings. The molecule has 0 spiro atoms. The summed E-state index contributed by atoms with van der Waals surface area (Å²) in [7, 11) is 0. The first-order valence-corrected chi connectivity index (χ1v) is 5.44. The van der Waals surface area contributed by atoms with Gasteiger partial charge in [0.25, 0.3) is 0 Å². The molecule has 0 bridgehead atoms. The van der Waals surface area contributed by atoms with Crippen molar-refractivity contribution in [3.05, 3.63) is 16.6 Å². The first-order chi connectivity index (χ1) is 6.29. The maximum atomic E-state index is 9.00. The SMILES string of the molecule is CC(O)CCCNCc1nccs1. The number of thiazole rings is 1. The molecule has 0 aliphatic heterocycles. The van der Waals surface area contributed by atoms with Crippen LogP contribution in [0.25, 0.3) is 0 Å². The van der Waals surface area contributed by atoms with E-state index in [0.717, 1.165) is 30.9 Å². The van der Waals surface area contributed by atoms with Gasteiger partial charge in [0.15, 0.2) is 0 Å². The first kappa shape index (κ1) is 10.6. The zero-order valence-electron chi connectivity index (χ0n) is 7.86. The third-order valence-electron chi connectivity index (χ3n) is 1.74. The first-order valence-electron chi connectivity index (χ1n) is 4.56. The number of aliphatic hydroxyl groups is 1. The van der Waals surface area contributed by atoms with E-state index >= 15 is 0 Å². The van der Waals surface area contributed by atoms with E-state index in [9.17, 15) is 0 Å². The molecule has 2 N–H and O–H groups in total. The lowest BCUT2D eigenvalue weighted by molar-refractivity contribution is 0.181. The van der Waals surface area contributed by atoms with Gasteiger partial charge in [-0.05, 0) is 26.3 Å². The molecule has 0 aromatic carbocycles. The molecule has 0 saturated heterocycles. The predicted molar refractivity (Wildman–Crippen MR) is 54.7 cm³/mol. The largest absolute Gasteiger partial charge is 0.393 e. The number of aromatic nitrogens is 1. The van der Waals surface area contributed by atoms with Gasteiger partial charge < -0.3 is 10.4 Å². The number of nitrogens with zero attached hydrogens (tertiary/aromatic N) is 1. The normalized spacial score (nSPS) is 13.1. The van der Waals surface area contributed by atoms with Crippen molar-refractivity contribution in [3.63, 3.8) is 0 Å². The van der Waals surface area contributed by atoms with E-state index in [4.69, 9.17) is 5.11 Å². The quantitative estimate of drug-likeness (QED) is 0.682. The van der Waals surface area contributed by atoms with E-state index in [2.05, 4.69) is 10.3 Å². The molecule has 1 unspecified atom stereocenters. The summed E-state index contributed by atoms with van der Waals surface area (Å²) in [5.74, 6) is 0. The maximum Gasteiger partial charge on any atom is 0.106 e. The second kappa shape index (κ2) is 6.07. The Kier molecular flexibility index (Phi) is 4.97. The minimum atomic E-state index is -0.179. The van der Waals surface area contributed by atoms with Crippen LogP contribution in [0.3, 0.4) is 0 Å². The van der Waals surface area contributed by atoms with Gasteiger partial charge in [0.1, 0.15) is 5.01 Å². The summed E-state index contributed by atoms with van der Waals surface area (Å²) in [4.78, 5) is 4.16. The molecular weight excluding hydrogens is 184 g/mol. The van der Waals surface area contributed by atoms with Gasteiger partial charge in [0, 0.05) is 18.1 Å². The second-order valence-corrected chi connectivity index (χ2v) is 4.07. The van der Waals surface area contributed by atoms with Gasteiger partial charge in [-0.25, -0.2) is 4.98 Å². The summed E-state index contributed by atoms with van der Waals surface area (Å²) >= 11 is 1.66. The van der Waals surface area contributed by atoms with Crippen molar-refractivity contribution in [1.82, 2.24) is 10.3 Å². The van der Waals surface area contributed by atoms with Crippen LogP contribution in [0, 0.1) is 0 Å². The molecule has 1 heterocycles. The molecular formula is C9H16N2OS. The Morgan fingerprint density at radius 3 is 3.15 bits per heavy atom. The molecule has 0 fully saturated rings. The van der Waals surface area contributed by atoms with Gasteiger partial charge in [-0.3, -0.25) is 0 Å². The van der Waals surface area contributed by atoms with E-state index in [0.29, 0.717) is 0 Å². The zero-order valence-corrected chi connectivity index (χ0v) is 8.68. The minimum absolute atomic E-state index is 0.179. The fourth-order valence-corrected chi connectivity index (χ4v) is 1.64. The fourth-order valence-electron chi connectivity index (χ4n) is 1.06. The Balaban J connectivity index is 1.96. The van der Waals surface area contributed by atoms with Crippen molar-refractivity contribution in [2.45, 2.75) is 32.4 Å². The highest BCUT2D eigenvalue weighted by molar-refractivity contribution is 7.09. The van der Waals surface area contributed by atoms with Crippen molar-refractivity contribution in [2.24, 2.45) is 0 Å². The monoisotopic (exact) mass is 200 g/mol. The van der Waals surface area contributed by atoms with Crippen molar-refractivity contribution in [3.8, 4) is 0 Å². The molecule has 0 amide bonds. The van der Waals surface area contributed by atoms with Crippen LogP contribution in [0.15, 0.2) is 11.6 Å².